The number of carbonyl (C=O) groups excluding carboxylic acids is 1. The lowest BCUT2D eigenvalue weighted by Gasteiger charge is -2.07. The van der Waals surface area contributed by atoms with Crippen molar-refractivity contribution in [2.45, 2.75) is 0 Å². The van der Waals surface area contributed by atoms with Gasteiger partial charge in [-0.2, -0.15) is 5.10 Å². The Bertz CT molecular complexity index is 742. The van der Waals surface area contributed by atoms with Crippen LogP contribution >= 0.6 is 11.6 Å². The smallest absolute Gasteiger partial charge is 0.336 e. The molecule has 0 unspecified atom stereocenters. The number of primary amides is 1. The van der Waals surface area contributed by atoms with Gasteiger partial charge in [0.25, 0.3) is 0 Å². The number of hydrazone groups is 1. The Hall–Kier alpha value is -2.86. The van der Waals surface area contributed by atoms with E-state index in [0.717, 1.165) is 5.56 Å². The molecule has 0 radical (unpaired) electrons. The van der Waals surface area contributed by atoms with Gasteiger partial charge in [0.2, 0.25) is 0 Å². The summed E-state index contributed by atoms with van der Waals surface area (Å²) in [5.74, 6) is -1.03. The lowest BCUT2D eigenvalue weighted by atomic mass is 9.99. The molecule has 2 amide bonds. The quantitative estimate of drug-likeness (QED) is 0.596. The van der Waals surface area contributed by atoms with E-state index in [0.29, 0.717) is 16.1 Å². The average Bonchev–Trinajstić information content (AvgIpc) is 2.47. The van der Waals surface area contributed by atoms with Crippen molar-refractivity contribution in [2.24, 2.45) is 10.8 Å². The molecule has 0 aromatic heterocycles. The third-order valence-electron chi connectivity index (χ3n) is 2.82. The molecule has 0 fully saturated rings. The molecule has 0 heterocycles. The normalized spacial score (nSPS) is 10.6. The van der Waals surface area contributed by atoms with Crippen molar-refractivity contribution in [1.82, 2.24) is 5.43 Å². The van der Waals surface area contributed by atoms with Gasteiger partial charge in [-0.05, 0) is 34.9 Å². The minimum atomic E-state index is -1.03. The molecule has 2 aromatic carbocycles. The van der Waals surface area contributed by atoms with Crippen molar-refractivity contribution in [3.05, 3.63) is 58.6 Å². The first-order valence-corrected chi connectivity index (χ1v) is 6.57. The molecule has 6 nitrogen and oxygen atoms in total. The molecule has 2 aromatic rings. The summed E-state index contributed by atoms with van der Waals surface area (Å²) < 4.78 is 0. The van der Waals surface area contributed by atoms with E-state index in [2.05, 4.69) is 10.5 Å². The second kappa shape index (κ2) is 6.73. The fourth-order valence-corrected chi connectivity index (χ4v) is 2.03. The highest BCUT2D eigenvalue weighted by molar-refractivity contribution is 6.31. The highest BCUT2D eigenvalue weighted by atomic mass is 35.5. The van der Waals surface area contributed by atoms with Crippen LogP contribution in [0.15, 0.2) is 47.6 Å². The lowest BCUT2D eigenvalue weighted by molar-refractivity contribution is 0.0697. The molecular formula is C15H12ClN3O3. The number of nitrogens with two attached hydrogens (primary N) is 1. The molecule has 2 rings (SSSR count). The molecule has 0 aliphatic rings. The second-order valence-electron chi connectivity index (χ2n) is 4.35. The summed E-state index contributed by atoms with van der Waals surface area (Å²) in [4.78, 5) is 21.8. The summed E-state index contributed by atoms with van der Waals surface area (Å²) in [5, 5.41) is 13.3. The molecular weight excluding hydrogens is 306 g/mol. The van der Waals surface area contributed by atoms with Gasteiger partial charge in [-0.1, -0.05) is 35.9 Å². The summed E-state index contributed by atoms with van der Waals surface area (Å²) in [5.41, 5.74) is 9.09. The lowest BCUT2D eigenvalue weighted by Crippen LogP contribution is -2.24. The van der Waals surface area contributed by atoms with E-state index in [1.807, 2.05) is 0 Å². The molecule has 0 aliphatic carbocycles. The van der Waals surface area contributed by atoms with E-state index in [1.165, 1.54) is 18.3 Å². The molecule has 4 N–H and O–H groups in total. The van der Waals surface area contributed by atoms with Crippen LogP contribution in [0.25, 0.3) is 11.1 Å². The van der Waals surface area contributed by atoms with Gasteiger partial charge in [0.15, 0.2) is 0 Å². The number of carboxylic acid groups (broad SMARTS) is 1. The van der Waals surface area contributed by atoms with Crippen LogP contribution in [0.1, 0.15) is 15.9 Å². The molecule has 112 valence electrons. The van der Waals surface area contributed by atoms with Crippen LogP contribution in [0.3, 0.4) is 0 Å². The summed E-state index contributed by atoms with van der Waals surface area (Å²) in [6, 6.07) is 10.8. The Morgan fingerprint density at radius 1 is 1.18 bits per heavy atom. The molecule has 0 bridgehead atoms. The van der Waals surface area contributed by atoms with Crippen molar-refractivity contribution >= 4 is 29.8 Å². The Morgan fingerprint density at radius 3 is 2.45 bits per heavy atom. The predicted molar refractivity (Wildman–Crippen MR) is 84.2 cm³/mol. The maximum absolute atomic E-state index is 11.3. The number of aromatic carboxylic acids is 1. The first-order valence-electron chi connectivity index (χ1n) is 6.19. The van der Waals surface area contributed by atoms with Gasteiger partial charge < -0.3 is 10.8 Å². The Kier molecular flexibility index (Phi) is 4.75. The monoisotopic (exact) mass is 317 g/mol. The fourth-order valence-electron chi connectivity index (χ4n) is 1.86. The van der Waals surface area contributed by atoms with Gasteiger partial charge in [0.1, 0.15) is 0 Å². The van der Waals surface area contributed by atoms with Gasteiger partial charge >= 0.3 is 12.0 Å². The Balaban J connectivity index is 2.31. The molecule has 0 aliphatic heterocycles. The third-order valence-corrected chi connectivity index (χ3v) is 3.06. The zero-order valence-electron chi connectivity index (χ0n) is 11.3. The average molecular weight is 318 g/mol. The van der Waals surface area contributed by atoms with E-state index in [9.17, 15) is 14.7 Å². The van der Waals surface area contributed by atoms with E-state index >= 15 is 0 Å². The minimum absolute atomic E-state index is 0.168. The van der Waals surface area contributed by atoms with E-state index in [1.54, 1.807) is 30.3 Å². The fraction of sp³-hybridized carbons (Fsp3) is 0. The number of hydrogen-bond donors (Lipinski definition) is 3. The van der Waals surface area contributed by atoms with Crippen LogP contribution in [0.2, 0.25) is 5.02 Å². The zero-order chi connectivity index (χ0) is 16.1. The molecule has 0 saturated carbocycles. The third kappa shape index (κ3) is 3.83. The predicted octanol–water partition coefficient (Wildman–Crippen LogP) is 2.71. The maximum atomic E-state index is 11.3. The molecule has 7 heteroatoms. The Labute approximate surface area is 131 Å². The van der Waals surface area contributed by atoms with Crippen molar-refractivity contribution in [3.8, 4) is 11.1 Å². The van der Waals surface area contributed by atoms with Crippen LogP contribution in [-0.4, -0.2) is 23.3 Å². The molecule has 0 saturated heterocycles. The Morgan fingerprint density at radius 2 is 1.86 bits per heavy atom. The van der Waals surface area contributed by atoms with Gasteiger partial charge in [-0.25, -0.2) is 15.0 Å². The zero-order valence-corrected chi connectivity index (χ0v) is 12.0. The number of benzene rings is 2. The van der Waals surface area contributed by atoms with E-state index < -0.39 is 12.0 Å². The maximum Gasteiger partial charge on any atom is 0.336 e. The summed E-state index contributed by atoms with van der Waals surface area (Å²) in [6.07, 6.45) is 1.42. The molecule has 0 spiro atoms. The number of nitrogens with zero attached hydrogens (tertiary/aromatic N) is 1. The van der Waals surface area contributed by atoms with E-state index in [4.69, 9.17) is 17.3 Å². The van der Waals surface area contributed by atoms with Crippen LogP contribution < -0.4 is 11.2 Å². The summed E-state index contributed by atoms with van der Waals surface area (Å²) >= 11 is 5.93. The SMILES string of the molecule is NC(=O)NN=Cc1ccc(-c2cc(Cl)ccc2C(=O)O)cc1. The highest BCUT2D eigenvalue weighted by Crippen LogP contribution is 2.27. The number of amides is 2. The van der Waals surface area contributed by atoms with Gasteiger partial charge in [0.05, 0.1) is 11.8 Å². The number of carbonyl (C=O) groups is 2. The van der Waals surface area contributed by atoms with Crippen LogP contribution in [0.5, 0.6) is 0 Å². The van der Waals surface area contributed by atoms with Gasteiger partial charge in [0, 0.05) is 5.02 Å². The van der Waals surface area contributed by atoms with Gasteiger partial charge in [-0.3, -0.25) is 0 Å². The standard InChI is InChI=1S/C15H12ClN3O3/c16-11-5-6-12(14(20)21)13(7-11)10-3-1-9(2-4-10)8-18-19-15(17)22/h1-8H,(H,20,21)(H3,17,19,22). The van der Waals surface area contributed by atoms with Crippen LogP contribution in [0.4, 0.5) is 4.79 Å². The molecule has 0 atom stereocenters. The number of halogens is 1. The van der Waals surface area contributed by atoms with Crippen molar-refractivity contribution in [3.63, 3.8) is 0 Å². The summed E-state index contributed by atoms with van der Waals surface area (Å²) in [6.45, 7) is 0. The first kappa shape index (κ1) is 15.5. The molecule has 22 heavy (non-hydrogen) atoms. The number of carboxylic acids is 1. The topological polar surface area (TPSA) is 105 Å². The number of urea groups is 1. The van der Waals surface area contributed by atoms with Crippen molar-refractivity contribution in [1.29, 1.82) is 0 Å². The van der Waals surface area contributed by atoms with Gasteiger partial charge in [-0.15, -0.1) is 0 Å². The second-order valence-corrected chi connectivity index (χ2v) is 4.79. The first-order chi connectivity index (χ1) is 10.5. The number of nitrogens with one attached hydrogen (secondary N) is 1. The van der Waals surface area contributed by atoms with Crippen LogP contribution in [-0.2, 0) is 0 Å². The highest BCUT2D eigenvalue weighted by Gasteiger charge is 2.12. The number of rotatable bonds is 4. The van der Waals surface area contributed by atoms with Crippen molar-refractivity contribution in [2.75, 3.05) is 0 Å². The van der Waals surface area contributed by atoms with Crippen molar-refractivity contribution < 1.29 is 14.7 Å². The summed E-state index contributed by atoms with van der Waals surface area (Å²) in [7, 11) is 0. The number of hydrogen-bond acceptors (Lipinski definition) is 3. The minimum Gasteiger partial charge on any atom is -0.478 e. The van der Waals surface area contributed by atoms with Crippen LogP contribution in [0, 0.1) is 0 Å². The van der Waals surface area contributed by atoms with E-state index in [-0.39, 0.29) is 5.56 Å². The largest absolute Gasteiger partial charge is 0.478 e.